The van der Waals surface area contributed by atoms with Crippen molar-refractivity contribution in [3.63, 3.8) is 0 Å². The summed E-state index contributed by atoms with van der Waals surface area (Å²) >= 11 is 1.92. The average Bonchev–Trinajstić information content (AvgIpc) is 2.83. The van der Waals surface area contributed by atoms with Gasteiger partial charge in [0.1, 0.15) is 0 Å². The molecule has 0 aliphatic carbocycles. The summed E-state index contributed by atoms with van der Waals surface area (Å²) < 4.78 is 2.08. The molecule has 0 atom stereocenters. The van der Waals surface area contributed by atoms with Gasteiger partial charge in [0.15, 0.2) is 5.65 Å². The second-order valence-electron chi connectivity index (χ2n) is 4.89. The number of pyridine rings is 1. The van der Waals surface area contributed by atoms with E-state index >= 15 is 0 Å². The normalized spacial score (nSPS) is 12.0. The van der Waals surface area contributed by atoms with E-state index in [1.54, 1.807) is 0 Å². The minimum absolute atomic E-state index is 0.271. The molecule has 1 N–H and O–H groups in total. The third kappa shape index (κ3) is 3.03. The molecule has 0 aliphatic rings. The van der Waals surface area contributed by atoms with Crippen molar-refractivity contribution in [1.82, 2.24) is 14.6 Å². The van der Waals surface area contributed by atoms with Crippen molar-refractivity contribution in [3.8, 4) is 0 Å². The summed E-state index contributed by atoms with van der Waals surface area (Å²) in [6.45, 7) is 7.44. The summed E-state index contributed by atoms with van der Waals surface area (Å²) in [5.74, 6) is 0.714. The lowest BCUT2D eigenvalue weighted by atomic mass is 10.0. The summed E-state index contributed by atoms with van der Waals surface area (Å²) in [5, 5.41) is 7.83. The number of anilines is 1. The number of thioether (sulfide) groups is 1. The van der Waals surface area contributed by atoms with Crippen molar-refractivity contribution < 1.29 is 0 Å². The van der Waals surface area contributed by atoms with Crippen molar-refractivity contribution in [1.29, 1.82) is 0 Å². The molecule has 2 aromatic heterocycles. The number of aromatic nitrogens is 3. The van der Waals surface area contributed by atoms with Crippen LogP contribution in [0.25, 0.3) is 5.65 Å². The van der Waals surface area contributed by atoms with Crippen LogP contribution in [0.3, 0.4) is 0 Å². The van der Waals surface area contributed by atoms with Gasteiger partial charge in [0.2, 0.25) is 5.95 Å². The Morgan fingerprint density at radius 1 is 1.37 bits per heavy atom. The fourth-order valence-electron chi connectivity index (χ4n) is 2.16. The highest BCUT2D eigenvalue weighted by Crippen LogP contribution is 2.30. The Bertz CT molecular complexity index is 537. The summed E-state index contributed by atoms with van der Waals surface area (Å²) in [6, 6.07) is 4.08. The molecule has 0 saturated carbocycles. The van der Waals surface area contributed by atoms with Gasteiger partial charge in [-0.2, -0.15) is 16.7 Å². The Morgan fingerprint density at radius 2 is 2.11 bits per heavy atom. The lowest BCUT2D eigenvalue weighted by Crippen LogP contribution is -2.32. The van der Waals surface area contributed by atoms with Crippen LogP contribution in [0.1, 0.15) is 32.3 Å². The van der Waals surface area contributed by atoms with Crippen LogP contribution in [-0.4, -0.2) is 32.1 Å². The van der Waals surface area contributed by atoms with E-state index in [9.17, 15) is 0 Å². The molecule has 4 nitrogen and oxygen atoms in total. The summed E-state index contributed by atoms with van der Waals surface area (Å²) in [4.78, 5) is 4.51. The molecule has 0 unspecified atom stereocenters. The Kier molecular flexibility index (Phi) is 4.34. The maximum absolute atomic E-state index is 4.51. The molecular weight excluding hydrogens is 256 g/mol. The van der Waals surface area contributed by atoms with E-state index < -0.39 is 0 Å². The van der Waals surface area contributed by atoms with Crippen molar-refractivity contribution in [2.24, 2.45) is 0 Å². The smallest absolute Gasteiger partial charge is 0.243 e. The maximum Gasteiger partial charge on any atom is 0.243 e. The molecule has 0 amide bonds. The van der Waals surface area contributed by atoms with Gasteiger partial charge in [-0.3, -0.25) is 0 Å². The number of aryl methyl sites for hydroxylation is 1. The fraction of sp³-hybridized carbons (Fsp3) is 0.571. The molecule has 19 heavy (non-hydrogen) atoms. The van der Waals surface area contributed by atoms with Gasteiger partial charge in [0.05, 0.1) is 0 Å². The minimum Gasteiger partial charge on any atom is -0.352 e. The number of rotatable bonds is 6. The van der Waals surface area contributed by atoms with E-state index in [-0.39, 0.29) is 4.75 Å². The summed E-state index contributed by atoms with van der Waals surface area (Å²) in [7, 11) is 0. The van der Waals surface area contributed by atoms with Crippen LogP contribution in [0.4, 0.5) is 5.95 Å². The van der Waals surface area contributed by atoms with Crippen LogP contribution >= 0.6 is 11.8 Å². The molecule has 2 heterocycles. The van der Waals surface area contributed by atoms with Crippen molar-refractivity contribution in [3.05, 3.63) is 23.9 Å². The first kappa shape index (κ1) is 14.2. The van der Waals surface area contributed by atoms with E-state index in [4.69, 9.17) is 0 Å². The van der Waals surface area contributed by atoms with Crippen LogP contribution in [0.15, 0.2) is 18.3 Å². The Labute approximate surface area is 119 Å². The monoisotopic (exact) mass is 278 g/mol. The van der Waals surface area contributed by atoms with Crippen molar-refractivity contribution in [2.75, 3.05) is 18.1 Å². The quantitative estimate of drug-likeness (QED) is 0.879. The molecule has 0 aliphatic heterocycles. The van der Waals surface area contributed by atoms with Crippen LogP contribution in [0, 0.1) is 6.92 Å². The minimum atomic E-state index is 0.271. The van der Waals surface area contributed by atoms with Gasteiger partial charge >= 0.3 is 0 Å². The molecule has 2 aromatic rings. The molecule has 0 radical (unpaired) electrons. The fourth-order valence-corrected chi connectivity index (χ4v) is 2.95. The largest absolute Gasteiger partial charge is 0.352 e. The van der Waals surface area contributed by atoms with Crippen LogP contribution < -0.4 is 5.32 Å². The number of fused-ring (bicyclic) bond motifs is 1. The summed E-state index contributed by atoms with van der Waals surface area (Å²) in [6.07, 6.45) is 6.41. The van der Waals surface area contributed by atoms with E-state index in [1.165, 1.54) is 5.56 Å². The zero-order chi connectivity index (χ0) is 13.9. The summed E-state index contributed by atoms with van der Waals surface area (Å²) in [5.41, 5.74) is 2.09. The molecule has 0 spiro atoms. The first-order valence-corrected chi connectivity index (χ1v) is 7.97. The van der Waals surface area contributed by atoms with Crippen LogP contribution in [-0.2, 0) is 0 Å². The van der Waals surface area contributed by atoms with Gasteiger partial charge in [-0.1, -0.05) is 13.8 Å². The highest BCUT2D eigenvalue weighted by atomic mass is 32.2. The van der Waals surface area contributed by atoms with E-state index in [0.717, 1.165) is 25.0 Å². The number of nitrogens with zero attached hydrogens (tertiary/aromatic N) is 3. The van der Waals surface area contributed by atoms with Gasteiger partial charge in [0, 0.05) is 17.5 Å². The zero-order valence-corrected chi connectivity index (χ0v) is 12.9. The van der Waals surface area contributed by atoms with Gasteiger partial charge in [-0.05, 0) is 43.7 Å². The van der Waals surface area contributed by atoms with Gasteiger partial charge in [-0.15, -0.1) is 5.10 Å². The van der Waals surface area contributed by atoms with Crippen LogP contribution in [0.2, 0.25) is 0 Å². The molecule has 2 rings (SSSR count). The first-order valence-electron chi connectivity index (χ1n) is 6.74. The Morgan fingerprint density at radius 3 is 2.74 bits per heavy atom. The molecule has 0 saturated heterocycles. The topological polar surface area (TPSA) is 42.2 Å². The predicted octanol–water partition coefficient (Wildman–Crippen LogP) is 3.37. The van der Waals surface area contributed by atoms with Gasteiger partial charge in [0.25, 0.3) is 0 Å². The first-order chi connectivity index (χ1) is 9.12. The van der Waals surface area contributed by atoms with E-state index in [2.05, 4.69) is 42.4 Å². The lowest BCUT2D eigenvalue weighted by molar-refractivity contribution is 0.573. The van der Waals surface area contributed by atoms with Crippen molar-refractivity contribution >= 4 is 23.4 Å². The highest BCUT2D eigenvalue weighted by Gasteiger charge is 2.25. The molecule has 5 heteroatoms. The Balaban J connectivity index is 2.13. The second kappa shape index (κ2) is 5.82. The lowest BCUT2D eigenvalue weighted by Gasteiger charge is -2.29. The number of hydrogen-bond donors (Lipinski definition) is 1. The third-order valence-electron chi connectivity index (χ3n) is 3.78. The molecule has 0 bridgehead atoms. The average molecular weight is 278 g/mol. The third-order valence-corrected chi connectivity index (χ3v) is 5.37. The highest BCUT2D eigenvalue weighted by molar-refractivity contribution is 8.00. The predicted molar refractivity (Wildman–Crippen MR) is 83.0 cm³/mol. The zero-order valence-electron chi connectivity index (χ0n) is 12.1. The van der Waals surface area contributed by atoms with Gasteiger partial charge < -0.3 is 5.32 Å². The molecule has 0 fully saturated rings. The Hall–Kier alpha value is -1.23. The van der Waals surface area contributed by atoms with Gasteiger partial charge in [-0.25, -0.2) is 4.52 Å². The number of nitrogens with one attached hydrogen (secondary N) is 1. The maximum atomic E-state index is 4.51. The van der Waals surface area contributed by atoms with E-state index in [0.29, 0.717) is 5.95 Å². The molecule has 104 valence electrons. The molecular formula is C14H22N4S. The number of hydrogen-bond acceptors (Lipinski definition) is 4. The standard InChI is InChI=1S/C14H22N4S/c1-5-14(6-2,19-4)10-15-13-16-12-9-11(3)7-8-18(12)17-13/h7-9H,5-6,10H2,1-4H3,(H,15,17). The van der Waals surface area contributed by atoms with E-state index in [1.807, 2.05) is 34.6 Å². The SMILES string of the molecule is CCC(CC)(CNc1nc2cc(C)ccn2n1)SC. The molecule has 0 aromatic carbocycles. The second-order valence-corrected chi connectivity index (χ2v) is 6.16. The van der Waals surface area contributed by atoms with Crippen LogP contribution in [0.5, 0.6) is 0 Å². The van der Waals surface area contributed by atoms with Crippen molar-refractivity contribution in [2.45, 2.75) is 38.4 Å².